The number of carbonyl (C=O) groups is 1. The molecule has 2 aromatic carbocycles. The Bertz CT molecular complexity index is 1340. The fourth-order valence-corrected chi connectivity index (χ4v) is 4.51. The molecule has 1 unspecified atom stereocenters. The number of rotatable bonds is 0. The SMILES string of the molecule is O=C1C2=CCC=C3C2C(=Cc2nc4ccccc4c(=O)n23)c2ccccc21. The van der Waals surface area contributed by atoms with Crippen molar-refractivity contribution < 1.29 is 4.79 Å². The maximum absolute atomic E-state index is 13.2. The van der Waals surface area contributed by atoms with Crippen molar-refractivity contribution in [3.63, 3.8) is 0 Å². The van der Waals surface area contributed by atoms with E-state index < -0.39 is 0 Å². The minimum atomic E-state index is -0.200. The summed E-state index contributed by atoms with van der Waals surface area (Å²) in [4.78, 5) is 31.0. The second-order valence-corrected chi connectivity index (χ2v) is 7.06. The molecule has 1 atom stereocenters. The Morgan fingerprint density at radius 1 is 0.889 bits per heavy atom. The quantitative estimate of drug-likeness (QED) is 0.617. The van der Waals surface area contributed by atoms with Crippen LogP contribution < -0.4 is 5.56 Å². The van der Waals surface area contributed by atoms with Crippen LogP contribution in [0.15, 0.2) is 71.1 Å². The van der Waals surface area contributed by atoms with Crippen LogP contribution in [0.25, 0.3) is 28.2 Å². The number of carbonyl (C=O) groups excluding carboxylic acids is 1. The molecule has 0 N–H and O–H groups in total. The van der Waals surface area contributed by atoms with Gasteiger partial charge in [-0.15, -0.1) is 0 Å². The minimum Gasteiger partial charge on any atom is -0.289 e. The molecule has 0 saturated heterocycles. The number of fused-ring (bicyclic) bond motifs is 5. The van der Waals surface area contributed by atoms with Gasteiger partial charge in [0.15, 0.2) is 5.78 Å². The van der Waals surface area contributed by atoms with Gasteiger partial charge in [-0.25, -0.2) is 4.98 Å². The lowest BCUT2D eigenvalue weighted by atomic mass is 9.70. The summed E-state index contributed by atoms with van der Waals surface area (Å²) in [6, 6.07) is 15.1. The van der Waals surface area contributed by atoms with E-state index in [-0.39, 0.29) is 17.3 Å². The molecule has 3 aromatic rings. The molecule has 1 aromatic heterocycles. The number of para-hydroxylation sites is 1. The van der Waals surface area contributed by atoms with Gasteiger partial charge in [0.2, 0.25) is 0 Å². The molecule has 0 amide bonds. The van der Waals surface area contributed by atoms with Crippen molar-refractivity contribution in [2.24, 2.45) is 5.92 Å². The Morgan fingerprint density at radius 2 is 1.67 bits per heavy atom. The maximum atomic E-state index is 13.2. The van der Waals surface area contributed by atoms with Gasteiger partial charge in [0.1, 0.15) is 5.82 Å². The Balaban J connectivity index is 1.76. The monoisotopic (exact) mass is 350 g/mol. The van der Waals surface area contributed by atoms with Gasteiger partial charge in [0.05, 0.1) is 16.8 Å². The first-order chi connectivity index (χ1) is 13.2. The summed E-state index contributed by atoms with van der Waals surface area (Å²) in [6.07, 6.45) is 6.65. The lowest BCUT2D eigenvalue weighted by molar-refractivity contribution is 0.102. The predicted octanol–water partition coefficient (Wildman–Crippen LogP) is 3.93. The predicted molar refractivity (Wildman–Crippen MR) is 105 cm³/mol. The first kappa shape index (κ1) is 14.6. The summed E-state index contributed by atoms with van der Waals surface area (Å²) in [5, 5.41) is 0.595. The number of hydrogen-bond acceptors (Lipinski definition) is 3. The fraction of sp³-hybridized carbons (Fsp3) is 0.0870. The first-order valence-electron chi connectivity index (χ1n) is 9.02. The molecule has 0 saturated carbocycles. The molecular weight excluding hydrogens is 336 g/mol. The lowest BCUT2D eigenvalue weighted by Gasteiger charge is -2.37. The number of Topliss-reactive ketones (excluding diaryl/α,β-unsaturated/α-hetero) is 1. The smallest absolute Gasteiger partial charge is 0.265 e. The Kier molecular flexibility index (Phi) is 2.71. The van der Waals surface area contributed by atoms with Crippen LogP contribution in [0, 0.1) is 5.92 Å². The van der Waals surface area contributed by atoms with E-state index in [0.717, 1.165) is 28.0 Å². The summed E-state index contributed by atoms with van der Waals surface area (Å²) in [5.41, 5.74) is 4.94. The van der Waals surface area contributed by atoms with E-state index in [1.807, 2.05) is 60.7 Å². The molecule has 0 spiro atoms. The Morgan fingerprint density at radius 3 is 2.56 bits per heavy atom. The van der Waals surface area contributed by atoms with Gasteiger partial charge in [-0.05, 0) is 35.8 Å². The third-order valence-electron chi connectivity index (χ3n) is 5.67. The zero-order chi connectivity index (χ0) is 18.1. The van der Waals surface area contributed by atoms with Gasteiger partial charge in [-0.1, -0.05) is 48.6 Å². The van der Waals surface area contributed by atoms with E-state index in [1.54, 1.807) is 10.6 Å². The number of nitrogens with zero attached hydrogens (tertiary/aromatic N) is 2. The molecule has 0 fully saturated rings. The van der Waals surface area contributed by atoms with Gasteiger partial charge in [-0.3, -0.25) is 14.2 Å². The molecule has 4 heteroatoms. The van der Waals surface area contributed by atoms with Crippen molar-refractivity contribution in [2.45, 2.75) is 6.42 Å². The standard InChI is InChI=1S/C23H14N2O2/c26-22-14-7-2-1-6-13(14)17-12-20-24-18-10-4-3-8-15(18)23(27)25(20)19-11-5-9-16(22)21(17)19/h1-4,6-12,21H,5H2. The first-order valence-corrected chi connectivity index (χ1v) is 9.02. The van der Waals surface area contributed by atoms with Gasteiger partial charge < -0.3 is 0 Å². The van der Waals surface area contributed by atoms with Crippen molar-refractivity contribution in [2.75, 3.05) is 0 Å². The van der Waals surface area contributed by atoms with E-state index in [2.05, 4.69) is 0 Å². The van der Waals surface area contributed by atoms with Gasteiger partial charge in [-0.2, -0.15) is 0 Å². The van der Waals surface area contributed by atoms with E-state index in [4.69, 9.17) is 4.98 Å². The third kappa shape index (κ3) is 1.79. The Hall–Kier alpha value is -3.53. The van der Waals surface area contributed by atoms with Crippen LogP contribution >= 0.6 is 0 Å². The summed E-state index contributed by atoms with van der Waals surface area (Å²) >= 11 is 0. The number of allylic oxidation sites excluding steroid dienone is 5. The highest BCUT2D eigenvalue weighted by atomic mass is 16.1. The zero-order valence-corrected chi connectivity index (χ0v) is 14.3. The van der Waals surface area contributed by atoms with Crippen molar-refractivity contribution in [3.05, 3.63) is 93.6 Å². The fourth-order valence-electron chi connectivity index (χ4n) is 4.51. The molecule has 0 bridgehead atoms. The molecule has 1 aliphatic heterocycles. The highest BCUT2D eigenvalue weighted by Crippen LogP contribution is 2.48. The summed E-state index contributed by atoms with van der Waals surface area (Å²) in [6.45, 7) is 0. The van der Waals surface area contributed by atoms with Crippen LogP contribution in [0.3, 0.4) is 0 Å². The third-order valence-corrected chi connectivity index (χ3v) is 5.67. The topological polar surface area (TPSA) is 52.0 Å². The molecule has 2 aliphatic carbocycles. The summed E-state index contributed by atoms with van der Waals surface area (Å²) < 4.78 is 1.69. The lowest BCUT2D eigenvalue weighted by Crippen LogP contribution is -2.35. The minimum absolute atomic E-state index is 0.0589. The van der Waals surface area contributed by atoms with Crippen LogP contribution in [0.5, 0.6) is 0 Å². The summed E-state index contributed by atoms with van der Waals surface area (Å²) in [5.74, 6) is 0.486. The largest absolute Gasteiger partial charge is 0.289 e. The van der Waals surface area contributed by atoms with Crippen LogP contribution in [0.2, 0.25) is 0 Å². The Labute approximate surface area is 154 Å². The van der Waals surface area contributed by atoms with Crippen LogP contribution in [0.1, 0.15) is 28.2 Å². The highest BCUT2D eigenvalue weighted by molar-refractivity contribution is 6.20. The van der Waals surface area contributed by atoms with Crippen LogP contribution in [-0.2, 0) is 0 Å². The maximum Gasteiger partial charge on any atom is 0.265 e. The average Bonchev–Trinajstić information content (AvgIpc) is 2.71. The van der Waals surface area contributed by atoms with Crippen molar-refractivity contribution >= 4 is 34.0 Å². The number of aromatic nitrogens is 2. The summed E-state index contributed by atoms with van der Waals surface area (Å²) in [7, 11) is 0. The molecule has 6 rings (SSSR count). The number of ketones is 1. The average molecular weight is 350 g/mol. The van der Waals surface area contributed by atoms with E-state index in [9.17, 15) is 9.59 Å². The highest BCUT2D eigenvalue weighted by Gasteiger charge is 2.40. The van der Waals surface area contributed by atoms with E-state index in [0.29, 0.717) is 23.1 Å². The second-order valence-electron chi connectivity index (χ2n) is 7.06. The van der Waals surface area contributed by atoms with E-state index in [1.165, 1.54) is 0 Å². The normalized spacial score (nSPS) is 19.5. The molecule has 128 valence electrons. The zero-order valence-electron chi connectivity index (χ0n) is 14.3. The second kappa shape index (κ2) is 5.01. The van der Waals surface area contributed by atoms with Crippen LogP contribution in [0.4, 0.5) is 0 Å². The van der Waals surface area contributed by atoms with Crippen molar-refractivity contribution in [1.29, 1.82) is 0 Å². The van der Waals surface area contributed by atoms with Crippen molar-refractivity contribution in [3.8, 4) is 0 Å². The van der Waals surface area contributed by atoms with E-state index >= 15 is 0 Å². The molecule has 2 heterocycles. The van der Waals surface area contributed by atoms with Gasteiger partial charge in [0, 0.05) is 16.8 Å². The molecular formula is C23H14N2O2. The molecule has 3 aliphatic rings. The van der Waals surface area contributed by atoms with Crippen LogP contribution in [-0.4, -0.2) is 15.3 Å². The number of hydrogen-bond donors (Lipinski definition) is 0. The van der Waals surface area contributed by atoms with Crippen molar-refractivity contribution in [1.82, 2.24) is 9.55 Å². The van der Waals surface area contributed by atoms with Gasteiger partial charge >= 0.3 is 0 Å². The molecule has 27 heavy (non-hydrogen) atoms. The molecule has 4 nitrogen and oxygen atoms in total. The van der Waals surface area contributed by atoms with Gasteiger partial charge in [0.25, 0.3) is 5.56 Å². The number of benzene rings is 2. The molecule has 0 radical (unpaired) electrons.